The number of aliphatic carboxylic acids is 1. The predicted octanol–water partition coefficient (Wildman–Crippen LogP) is 1.54. The molecule has 0 radical (unpaired) electrons. The number of nitrogens with one attached hydrogen (secondary N) is 1. The van der Waals surface area contributed by atoms with Crippen molar-refractivity contribution in [2.45, 2.75) is 17.7 Å². The van der Waals surface area contributed by atoms with E-state index in [0.717, 1.165) is 9.87 Å². The summed E-state index contributed by atoms with van der Waals surface area (Å²) in [5, 5.41) is 11.4. The topological polar surface area (TPSA) is 109 Å². The summed E-state index contributed by atoms with van der Waals surface area (Å²) in [5.41, 5.74) is 1.59. The van der Waals surface area contributed by atoms with Crippen molar-refractivity contribution in [3.8, 4) is 0 Å². The number of benzene rings is 1. The summed E-state index contributed by atoms with van der Waals surface area (Å²) >= 11 is 0. The van der Waals surface area contributed by atoms with Gasteiger partial charge < -0.3 is 15.0 Å². The third kappa shape index (κ3) is 4.50. The van der Waals surface area contributed by atoms with Gasteiger partial charge >= 0.3 is 5.97 Å². The molecule has 0 aliphatic carbocycles. The number of carboxylic acid groups (broad SMARTS) is 1. The van der Waals surface area contributed by atoms with Gasteiger partial charge in [-0.3, -0.25) is 9.59 Å². The maximum absolute atomic E-state index is 12.4. The number of aryl methyl sites for hydroxylation is 2. The number of carbonyl (C=O) groups is 2. The van der Waals surface area contributed by atoms with E-state index in [1.54, 1.807) is 31.3 Å². The smallest absolute Gasteiger partial charge is 0.303 e. The molecule has 2 aromatic rings. The average molecular weight is 379 g/mol. The van der Waals surface area contributed by atoms with E-state index in [9.17, 15) is 18.0 Å². The van der Waals surface area contributed by atoms with E-state index in [1.165, 1.54) is 30.9 Å². The van der Waals surface area contributed by atoms with Crippen molar-refractivity contribution in [3.05, 3.63) is 47.8 Å². The number of hydrogen-bond donors (Lipinski definition) is 2. The number of anilines is 1. The highest BCUT2D eigenvalue weighted by molar-refractivity contribution is 7.89. The number of amides is 1. The zero-order chi connectivity index (χ0) is 19.5. The van der Waals surface area contributed by atoms with Crippen LogP contribution in [0.1, 0.15) is 22.5 Å². The van der Waals surface area contributed by atoms with Gasteiger partial charge in [0, 0.05) is 39.4 Å². The highest BCUT2D eigenvalue weighted by atomic mass is 32.2. The van der Waals surface area contributed by atoms with Crippen molar-refractivity contribution >= 4 is 27.6 Å². The summed E-state index contributed by atoms with van der Waals surface area (Å²) < 4.78 is 26.9. The van der Waals surface area contributed by atoms with E-state index in [1.807, 2.05) is 0 Å². The Kier molecular flexibility index (Phi) is 5.83. The lowest BCUT2D eigenvalue weighted by Gasteiger charge is -2.08. The van der Waals surface area contributed by atoms with Crippen molar-refractivity contribution in [1.29, 1.82) is 0 Å². The summed E-state index contributed by atoms with van der Waals surface area (Å²) in [5.74, 6) is -1.31. The molecule has 1 heterocycles. The normalized spacial score (nSPS) is 11.5. The molecule has 0 atom stereocenters. The minimum Gasteiger partial charge on any atom is -0.481 e. The molecule has 0 bridgehead atoms. The molecule has 1 amide bonds. The van der Waals surface area contributed by atoms with Gasteiger partial charge in [0.25, 0.3) is 5.91 Å². The van der Waals surface area contributed by atoms with Crippen LogP contribution in [0, 0.1) is 0 Å². The monoisotopic (exact) mass is 379 g/mol. The van der Waals surface area contributed by atoms with Crippen molar-refractivity contribution in [2.24, 2.45) is 7.05 Å². The van der Waals surface area contributed by atoms with Crippen LogP contribution in [-0.4, -0.2) is 48.4 Å². The fourth-order valence-corrected chi connectivity index (χ4v) is 3.29. The van der Waals surface area contributed by atoms with Crippen LogP contribution in [0.25, 0.3) is 0 Å². The van der Waals surface area contributed by atoms with E-state index in [0.29, 0.717) is 12.1 Å². The van der Waals surface area contributed by atoms with Gasteiger partial charge in [0.2, 0.25) is 10.0 Å². The van der Waals surface area contributed by atoms with Gasteiger partial charge in [-0.1, -0.05) is 12.1 Å². The van der Waals surface area contributed by atoms with Gasteiger partial charge in [0.15, 0.2) is 0 Å². The maximum atomic E-state index is 12.4. The van der Waals surface area contributed by atoms with Gasteiger partial charge in [-0.25, -0.2) is 12.7 Å². The Morgan fingerprint density at radius 2 is 1.81 bits per heavy atom. The molecule has 2 rings (SSSR count). The number of carboxylic acids is 1. The lowest BCUT2D eigenvalue weighted by molar-refractivity contribution is -0.136. The number of aromatic nitrogens is 1. The van der Waals surface area contributed by atoms with Crippen LogP contribution < -0.4 is 5.32 Å². The van der Waals surface area contributed by atoms with Gasteiger partial charge in [-0.05, 0) is 30.2 Å². The minimum atomic E-state index is -3.62. The van der Waals surface area contributed by atoms with Crippen molar-refractivity contribution in [3.63, 3.8) is 0 Å². The second-order valence-corrected chi connectivity index (χ2v) is 8.16. The number of rotatable bonds is 7. The zero-order valence-corrected chi connectivity index (χ0v) is 15.6. The van der Waals surface area contributed by atoms with E-state index in [-0.39, 0.29) is 17.0 Å². The molecule has 0 saturated heterocycles. The molecule has 9 heteroatoms. The van der Waals surface area contributed by atoms with Crippen LogP contribution in [-0.2, 0) is 28.3 Å². The first-order valence-corrected chi connectivity index (χ1v) is 9.26. The zero-order valence-electron chi connectivity index (χ0n) is 14.8. The Morgan fingerprint density at radius 3 is 2.35 bits per heavy atom. The third-order valence-electron chi connectivity index (χ3n) is 3.83. The van der Waals surface area contributed by atoms with Crippen LogP contribution in [0.4, 0.5) is 5.69 Å². The molecule has 0 aliphatic heterocycles. The molecule has 1 aromatic heterocycles. The van der Waals surface area contributed by atoms with Crippen LogP contribution in [0.5, 0.6) is 0 Å². The van der Waals surface area contributed by atoms with Gasteiger partial charge in [0.1, 0.15) is 10.6 Å². The summed E-state index contributed by atoms with van der Waals surface area (Å²) in [6.45, 7) is 0. The Labute approximate surface area is 152 Å². The van der Waals surface area contributed by atoms with Crippen LogP contribution in [0.2, 0.25) is 0 Å². The maximum Gasteiger partial charge on any atom is 0.303 e. The highest BCUT2D eigenvalue weighted by Crippen LogP contribution is 2.18. The summed E-state index contributed by atoms with van der Waals surface area (Å²) in [4.78, 5) is 23.1. The molecule has 1 aromatic carbocycles. The fraction of sp³-hybridized carbons (Fsp3) is 0.294. The van der Waals surface area contributed by atoms with Crippen LogP contribution in [0.15, 0.2) is 41.4 Å². The molecule has 0 unspecified atom stereocenters. The highest BCUT2D eigenvalue weighted by Gasteiger charge is 2.22. The second kappa shape index (κ2) is 7.71. The Hall–Kier alpha value is -2.65. The predicted molar refractivity (Wildman–Crippen MR) is 96.6 cm³/mol. The van der Waals surface area contributed by atoms with Gasteiger partial charge in [-0.2, -0.15) is 0 Å². The molecule has 140 valence electrons. The van der Waals surface area contributed by atoms with E-state index >= 15 is 0 Å². The first-order chi connectivity index (χ1) is 12.1. The largest absolute Gasteiger partial charge is 0.481 e. The van der Waals surface area contributed by atoms with E-state index < -0.39 is 21.9 Å². The number of hydrogen-bond acceptors (Lipinski definition) is 4. The molecular weight excluding hydrogens is 358 g/mol. The standard InChI is InChI=1S/C17H21N3O5S/c1-19(2)26(24,25)14-10-15(20(3)11-14)17(23)18-13-7-4-12(5-8-13)6-9-16(21)22/h4-5,7-8,10-11H,6,9H2,1-3H3,(H,18,23)(H,21,22). The van der Waals surface area contributed by atoms with Gasteiger partial charge in [-0.15, -0.1) is 0 Å². The molecule has 0 fully saturated rings. The van der Waals surface area contributed by atoms with Crippen LogP contribution in [0.3, 0.4) is 0 Å². The molecule has 2 N–H and O–H groups in total. The first-order valence-electron chi connectivity index (χ1n) is 7.82. The average Bonchev–Trinajstić information content (AvgIpc) is 2.96. The molecule has 26 heavy (non-hydrogen) atoms. The fourth-order valence-electron chi connectivity index (χ4n) is 2.31. The van der Waals surface area contributed by atoms with E-state index in [2.05, 4.69) is 5.32 Å². The number of sulfonamides is 1. The van der Waals surface area contributed by atoms with Gasteiger partial charge in [0.05, 0.1) is 0 Å². The quantitative estimate of drug-likeness (QED) is 0.759. The summed E-state index contributed by atoms with van der Waals surface area (Å²) in [6, 6.07) is 8.16. The second-order valence-electron chi connectivity index (χ2n) is 6.00. The lowest BCUT2D eigenvalue weighted by atomic mass is 10.1. The Bertz CT molecular complexity index is 914. The lowest BCUT2D eigenvalue weighted by Crippen LogP contribution is -2.21. The minimum absolute atomic E-state index is 0.0399. The van der Waals surface area contributed by atoms with E-state index in [4.69, 9.17) is 5.11 Å². The van der Waals surface area contributed by atoms with Crippen molar-refractivity contribution < 1.29 is 23.1 Å². The van der Waals surface area contributed by atoms with Crippen molar-refractivity contribution in [1.82, 2.24) is 8.87 Å². The number of nitrogens with zero attached hydrogens (tertiary/aromatic N) is 2. The molecule has 0 aliphatic rings. The Balaban J connectivity index is 2.13. The summed E-state index contributed by atoms with van der Waals surface area (Å²) in [6.07, 6.45) is 1.84. The first kappa shape index (κ1) is 19.7. The van der Waals surface area contributed by atoms with Crippen molar-refractivity contribution in [2.75, 3.05) is 19.4 Å². The molecule has 8 nitrogen and oxygen atoms in total. The molecule has 0 saturated carbocycles. The number of carbonyl (C=O) groups excluding carboxylic acids is 1. The molecule has 0 spiro atoms. The Morgan fingerprint density at radius 1 is 1.19 bits per heavy atom. The molecular formula is C17H21N3O5S. The third-order valence-corrected chi connectivity index (χ3v) is 5.61. The van der Waals surface area contributed by atoms with Crippen LogP contribution >= 0.6 is 0 Å². The SMILES string of the molecule is CN(C)S(=O)(=O)c1cc(C(=O)Nc2ccc(CCC(=O)O)cc2)n(C)c1. The summed E-state index contributed by atoms with van der Waals surface area (Å²) in [7, 11) is 0.826.